The number of hydrogen-bond acceptors (Lipinski definition) is 5. The monoisotopic (exact) mass is 329 g/mol. The summed E-state index contributed by atoms with van der Waals surface area (Å²) in [5.41, 5.74) is 0. The Morgan fingerprint density at radius 1 is 1.44 bits per heavy atom. The van der Waals surface area contributed by atoms with E-state index in [2.05, 4.69) is 45.2 Å². The molecule has 2 heterocycles. The lowest BCUT2D eigenvalue weighted by Crippen LogP contribution is -2.32. The van der Waals surface area contributed by atoms with Crippen molar-refractivity contribution in [3.63, 3.8) is 0 Å². The first-order valence-corrected chi connectivity index (χ1v) is 7.46. The van der Waals surface area contributed by atoms with Gasteiger partial charge in [-0.2, -0.15) is 4.98 Å². The zero-order chi connectivity index (χ0) is 13.1. The molecule has 0 aromatic carbocycles. The van der Waals surface area contributed by atoms with Crippen molar-refractivity contribution in [2.24, 2.45) is 5.92 Å². The first kappa shape index (κ1) is 13.7. The molecule has 0 fully saturated rings. The molecular weight excluding hydrogens is 314 g/mol. The van der Waals surface area contributed by atoms with Crippen LogP contribution in [0.4, 0.5) is 0 Å². The predicted molar refractivity (Wildman–Crippen MR) is 76.7 cm³/mol. The highest BCUT2D eigenvalue weighted by atomic mass is 79.9. The molecule has 0 saturated heterocycles. The van der Waals surface area contributed by atoms with Gasteiger partial charge in [0.15, 0.2) is 0 Å². The molecule has 1 unspecified atom stereocenters. The van der Waals surface area contributed by atoms with Crippen LogP contribution in [0.3, 0.4) is 0 Å². The van der Waals surface area contributed by atoms with E-state index >= 15 is 0 Å². The lowest BCUT2D eigenvalue weighted by Gasteiger charge is -2.17. The number of hydrogen-bond donors (Lipinski definition) is 1. The first-order valence-electron chi connectivity index (χ1n) is 5.85. The Morgan fingerprint density at radius 3 is 2.78 bits per heavy atom. The highest BCUT2D eigenvalue weighted by Crippen LogP contribution is 2.29. The average Bonchev–Trinajstić information content (AvgIpc) is 2.94. The topological polar surface area (TPSA) is 51.0 Å². The van der Waals surface area contributed by atoms with E-state index in [-0.39, 0.29) is 0 Å². The summed E-state index contributed by atoms with van der Waals surface area (Å²) in [6.07, 6.45) is 0.758. The molecule has 18 heavy (non-hydrogen) atoms. The predicted octanol–water partition coefficient (Wildman–Crippen LogP) is 3.35. The van der Waals surface area contributed by atoms with Crippen LogP contribution < -0.4 is 5.32 Å². The van der Waals surface area contributed by atoms with Gasteiger partial charge in [-0.1, -0.05) is 19.0 Å². The Morgan fingerprint density at radius 2 is 2.22 bits per heavy atom. The van der Waals surface area contributed by atoms with Crippen molar-refractivity contribution in [3.05, 3.63) is 21.8 Å². The largest absolute Gasteiger partial charge is 0.339 e. The number of rotatable bonds is 5. The molecule has 0 radical (unpaired) electrons. The minimum atomic E-state index is 0.355. The van der Waals surface area contributed by atoms with Gasteiger partial charge in [0.05, 0.1) is 8.66 Å². The normalized spacial score (nSPS) is 13.2. The Bertz CT molecular complexity index is 509. The number of halogens is 1. The van der Waals surface area contributed by atoms with Crippen LogP contribution in [0.5, 0.6) is 0 Å². The molecule has 2 aromatic rings. The second kappa shape index (κ2) is 5.95. The second-order valence-corrected chi connectivity index (χ2v) is 6.92. The highest BCUT2D eigenvalue weighted by molar-refractivity contribution is 9.11. The number of thiophene rings is 1. The van der Waals surface area contributed by atoms with E-state index in [0.29, 0.717) is 23.7 Å². The van der Waals surface area contributed by atoms with Crippen molar-refractivity contribution in [3.8, 4) is 10.7 Å². The zero-order valence-electron chi connectivity index (χ0n) is 10.6. The Hall–Kier alpha value is -0.720. The van der Waals surface area contributed by atoms with Gasteiger partial charge in [-0.15, -0.1) is 11.3 Å². The third-order valence-electron chi connectivity index (χ3n) is 2.83. The molecule has 1 N–H and O–H groups in total. The molecule has 0 bridgehead atoms. The molecule has 0 aliphatic rings. The summed E-state index contributed by atoms with van der Waals surface area (Å²) in [6.45, 7) is 4.35. The van der Waals surface area contributed by atoms with Crippen molar-refractivity contribution in [2.75, 3.05) is 7.05 Å². The fourth-order valence-electron chi connectivity index (χ4n) is 1.73. The van der Waals surface area contributed by atoms with Crippen LogP contribution in [0, 0.1) is 5.92 Å². The van der Waals surface area contributed by atoms with E-state index in [0.717, 1.165) is 15.1 Å². The van der Waals surface area contributed by atoms with E-state index in [4.69, 9.17) is 4.52 Å². The fourth-order valence-corrected chi connectivity index (χ4v) is 3.04. The molecule has 2 rings (SSSR count). The van der Waals surface area contributed by atoms with E-state index in [1.807, 2.05) is 19.2 Å². The smallest absolute Gasteiger partial charge is 0.228 e. The van der Waals surface area contributed by atoms with E-state index in [1.165, 1.54) is 0 Å². The summed E-state index contributed by atoms with van der Waals surface area (Å²) in [7, 11) is 1.96. The first-order chi connectivity index (χ1) is 8.60. The third-order valence-corrected chi connectivity index (χ3v) is 4.45. The molecule has 0 aliphatic carbocycles. The van der Waals surface area contributed by atoms with Crippen molar-refractivity contribution in [1.29, 1.82) is 0 Å². The quantitative estimate of drug-likeness (QED) is 0.913. The number of nitrogens with one attached hydrogen (secondary N) is 1. The summed E-state index contributed by atoms with van der Waals surface area (Å²) in [4.78, 5) is 5.45. The van der Waals surface area contributed by atoms with Crippen LogP contribution in [0.15, 0.2) is 20.4 Å². The number of aromatic nitrogens is 2. The second-order valence-electron chi connectivity index (χ2n) is 4.46. The van der Waals surface area contributed by atoms with Crippen molar-refractivity contribution < 1.29 is 4.52 Å². The molecule has 2 aromatic heterocycles. The minimum absolute atomic E-state index is 0.355. The van der Waals surface area contributed by atoms with Crippen LogP contribution >= 0.6 is 27.3 Å². The van der Waals surface area contributed by atoms with Crippen LogP contribution in [0.25, 0.3) is 10.7 Å². The van der Waals surface area contributed by atoms with Crippen molar-refractivity contribution in [2.45, 2.75) is 26.3 Å². The zero-order valence-corrected chi connectivity index (χ0v) is 13.0. The van der Waals surface area contributed by atoms with Crippen LogP contribution in [0.2, 0.25) is 0 Å². The van der Waals surface area contributed by atoms with Gasteiger partial charge < -0.3 is 9.84 Å². The molecule has 0 amide bonds. The van der Waals surface area contributed by atoms with Gasteiger partial charge in [-0.3, -0.25) is 0 Å². The molecule has 0 saturated carbocycles. The summed E-state index contributed by atoms with van der Waals surface area (Å²) >= 11 is 5.03. The van der Waals surface area contributed by atoms with Gasteiger partial charge in [0, 0.05) is 12.5 Å². The minimum Gasteiger partial charge on any atom is -0.339 e. The van der Waals surface area contributed by atoms with E-state index in [1.54, 1.807) is 11.3 Å². The lowest BCUT2D eigenvalue weighted by atomic mass is 10.0. The molecule has 0 aliphatic heterocycles. The SMILES string of the molecule is CNC(Cc1nc(-c2ccc(Br)s2)no1)C(C)C. The van der Waals surface area contributed by atoms with Crippen LogP contribution in [-0.2, 0) is 6.42 Å². The third kappa shape index (κ3) is 3.18. The number of nitrogens with zero attached hydrogens (tertiary/aromatic N) is 2. The maximum absolute atomic E-state index is 5.30. The van der Waals surface area contributed by atoms with Gasteiger partial charge in [0.1, 0.15) is 0 Å². The van der Waals surface area contributed by atoms with Gasteiger partial charge in [0.2, 0.25) is 11.7 Å². The molecule has 0 spiro atoms. The van der Waals surface area contributed by atoms with Crippen LogP contribution in [0.1, 0.15) is 19.7 Å². The fraction of sp³-hybridized carbons (Fsp3) is 0.500. The molecule has 4 nitrogen and oxygen atoms in total. The van der Waals surface area contributed by atoms with Gasteiger partial charge in [-0.05, 0) is 41.0 Å². The maximum atomic E-state index is 5.30. The lowest BCUT2D eigenvalue weighted by molar-refractivity contribution is 0.335. The van der Waals surface area contributed by atoms with Gasteiger partial charge in [0.25, 0.3) is 0 Å². The molecule has 1 atom stereocenters. The standard InChI is InChI=1S/C12H16BrN3OS/c1-7(2)8(14-3)6-11-15-12(16-17-11)9-4-5-10(13)18-9/h4-5,7-8,14H,6H2,1-3H3. The Labute approximate surface area is 119 Å². The van der Waals surface area contributed by atoms with Crippen molar-refractivity contribution in [1.82, 2.24) is 15.5 Å². The highest BCUT2D eigenvalue weighted by Gasteiger charge is 2.17. The van der Waals surface area contributed by atoms with E-state index in [9.17, 15) is 0 Å². The summed E-state index contributed by atoms with van der Waals surface area (Å²) < 4.78 is 6.37. The van der Waals surface area contributed by atoms with Gasteiger partial charge in [-0.25, -0.2) is 0 Å². The van der Waals surface area contributed by atoms with Crippen LogP contribution in [-0.4, -0.2) is 23.2 Å². The molecular formula is C12H16BrN3OS. The van der Waals surface area contributed by atoms with Crippen molar-refractivity contribution >= 4 is 27.3 Å². The summed E-state index contributed by atoms with van der Waals surface area (Å²) in [5, 5.41) is 7.29. The Kier molecular flexibility index (Phi) is 4.53. The average molecular weight is 330 g/mol. The molecule has 98 valence electrons. The Balaban J connectivity index is 2.11. The maximum Gasteiger partial charge on any atom is 0.228 e. The molecule has 6 heteroatoms. The summed E-state index contributed by atoms with van der Waals surface area (Å²) in [6, 6.07) is 4.33. The number of likely N-dealkylation sites (N-methyl/N-ethyl adjacent to an activating group) is 1. The summed E-state index contributed by atoms with van der Waals surface area (Å²) in [5.74, 6) is 1.88. The van der Waals surface area contributed by atoms with E-state index < -0.39 is 0 Å². The van der Waals surface area contributed by atoms with Gasteiger partial charge >= 0.3 is 0 Å².